The number of rotatable bonds is 7. The summed E-state index contributed by atoms with van der Waals surface area (Å²) in [6, 6.07) is 8.10. The van der Waals surface area contributed by atoms with Crippen LogP contribution < -0.4 is 0 Å². The van der Waals surface area contributed by atoms with Gasteiger partial charge in [0.2, 0.25) is 0 Å². The van der Waals surface area contributed by atoms with Crippen LogP contribution in [0.25, 0.3) is 11.4 Å². The highest BCUT2D eigenvalue weighted by molar-refractivity contribution is 9.10. The van der Waals surface area contributed by atoms with E-state index in [0.717, 1.165) is 32.5 Å². The fraction of sp³-hybridized carbons (Fsp3) is 0.278. The van der Waals surface area contributed by atoms with Crippen molar-refractivity contribution in [2.75, 3.05) is 0 Å². The number of thioether (sulfide) groups is 1. The van der Waals surface area contributed by atoms with E-state index in [0.29, 0.717) is 12.5 Å². The number of halogens is 1. The van der Waals surface area contributed by atoms with Crippen molar-refractivity contribution in [1.82, 2.24) is 19.7 Å². The summed E-state index contributed by atoms with van der Waals surface area (Å²) < 4.78 is 3.14. The van der Waals surface area contributed by atoms with Gasteiger partial charge in [-0.15, -0.1) is 28.1 Å². The Kier molecular flexibility index (Phi) is 6.09. The van der Waals surface area contributed by atoms with E-state index in [-0.39, 0.29) is 0 Å². The van der Waals surface area contributed by atoms with Crippen LogP contribution in [0.15, 0.2) is 51.9 Å². The van der Waals surface area contributed by atoms with Gasteiger partial charge in [-0.05, 0) is 12.1 Å². The van der Waals surface area contributed by atoms with Crippen LogP contribution >= 0.6 is 39.0 Å². The summed E-state index contributed by atoms with van der Waals surface area (Å²) in [5, 5.41) is 13.0. The quantitative estimate of drug-likeness (QED) is 0.349. The normalized spacial score (nSPS) is 11.2. The van der Waals surface area contributed by atoms with Gasteiger partial charge in [-0.3, -0.25) is 4.57 Å². The first kappa shape index (κ1) is 18.4. The highest BCUT2D eigenvalue weighted by Crippen LogP contribution is 2.28. The molecule has 4 nitrogen and oxygen atoms in total. The van der Waals surface area contributed by atoms with Crippen LogP contribution in [0.4, 0.5) is 0 Å². The van der Waals surface area contributed by atoms with Crippen LogP contribution in [0.5, 0.6) is 0 Å². The first-order valence-corrected chi connectivity index (χ1v) is 10.6. The van der Waals surface area contributed by atoms with Gasteiger partial charge in [-0.2, -0.15) is 0 Å². The molecule has 0 saturated heterocycles. The molecule has 0 saturated carbocycles. The fourth-order valence-electron chi connectivity index (χ4n) is 2.29. The molecular formula is C18H19BrN4S2. The molecule has 2 heterocycles. The van der Waals surface area contributed by atoms with Crippen molar-refractivity contribution in [2.45, 2.75) is 37.2 Å². The number of allylic oxidation sites excluding steroid dienone is 1. The summed E-state index contributed by atoms with van der Waals surface area (Å²) in [5.41, 5.74) is 2.14. The van der Waals surface area contributed by atoms with Crippen molar-refractivity contribution in [3.8, 4) is 11.4 Å². The van der Waals surface area contributed by atoms with E-state index < -0.39 is 0 Å². The monoisotopic (exact) mass is 434 g/mol. The molecule has 1 aromatic carbocycles. The lowest BCUT2D eigenvalue weighted by atomic mass is 10.2. The Labute approximate surface area is 164 Å². The standard InChI is InChI=1S/C18H19BrN4S2/c1-4-9-23-16(13-5-7-14(19)8-6-13)21-22-18(23)25-11-15-10-24-17(20-15)12(2)3/h4-8,10,12H,1,9,11H2,2-3H3. The van der Waals surface area contributed by atoms with Crippen molar-refractivity contribution < 1.29 is 0 Å². The largest absolute Gasteiger partial charge is 0.298 e. The molecule has 3 aromatic rings. The summed E-state index contributed by atoms with van der Waals surface area (Å²) in [6.45, 7) is 8.87. The van der Waals surface area contributed by atoms with Crippen molar-refractivity contribution in [1.29, 1.82) is 0 Å². The molecule has 25 heavy (non-hydrogen) atoms. The molecule has 0 amide bonds. The second-order valence-electron chi connectivity index (χ2n) is 5.83. The van der Waals surface area contributed by atoms with Crippen LogP contribution in [-0.2, 0) is 12.3 Å². The van der Waals surface area contributed by atoms with E-state index in [1.165, 1.54) is 5.01 Å². The molecule has 2 aromatic heterocycles. The molecule has 0 radical (unpaired) electrons. The molecule has 7 heteroatoms. The van der Waals surface area contributed by atoms with Gasteiger partial charge in [0.1, 0.15) is 0 Å². The topological polar surface area (TPSA) is 43.6 Å². The van der Waals surface area contributed by atoms with Gasteiger partial charge >= 0.3 is 0 Å². The lowest BCUT2D eigenvalue weighted by molar-refractivity contribution is 0.731. The minimum Gasteiger partial charge on any atom is -0.298 e. The Morgan fingerprint density at radius 1 is 1.28 bits per heavy atom. The Bertz CT molecular complexity index is 852. The Hall–Kier alpha value is -1.44. The van der Waals surface area contributed by atoms with E-state index in [9.17, 15) is 0 Å². The summed E-state index contributed by atoms with van der Waals surface area (Å²) in [7, 11) is 0. The molecule has 3 rings (SSSR count). The highest BCUT2D eigenvalue weighted by atomic mass is 79.9. The smallest absolute Gasteiger partial charge is 0.192 e. The molecule has 0 aliphatic rings. The SMILES string of the molecule is C=CCn1c(SCc2csc(C(C)C)n2)nnc1-c1ccc(Br)cc1. The van der Waals surface area contributed by atoms with Crippen LogP contribution in [0.3, 0.4) is 0 Å². The average molecular weight is 435 g/mol. The van der Waals surface area contributed by atoms with Gasteiger partial charge < -0.3 is 0 Å². The number of hydrogen-bond acceptors (Lipinski definition) is 5. The summed E-state index contributed by atoms with van der Waals surface area (Å²) >= 11 is 6.85. The maximum absolute atomic E-state index is 4.69. The third kappa shape index (κ3) is 4.40. The lowest BCUT2D eigenvalue weighted by Gasteiger charge is -2.07. The van der Waals surface area contributed by atoms with Gasteiger partial charge in [-0.25, -0.2) is 4.98 Å². The summed E-state index contributed by atoms with van der Waals surface area (Å²) in [6.07, 6.45) is 1.87. The van der Waals surface area contributed by atoms with Crippen molar-refractivity contribution >= 4 is 39.0 Å². The minimum atomic E-state index is 0.470. The Morgan fingerprint density at radius 3 is 2.68 bits per heavy atom. The van der Waals surface area contributed by atoms with E-state index in [4.69, 9.17) is 4.98 Å². The first-order chi connectivity index (χ1) is 12.1. The fourth-order valence-corrected chi connectivity index (χ4v) is 4.34. The van der Waals surface area contributed by atoms with Crippen LogP contribution in [0.2, 0.25) is 0 Å². The van der Waals surface area contributed by atoms with Crippen molar-refractivity contribution in [3.05, 3.63) is 57.5 Å². The van der Waals surface area contributed by atoms with E-state index in [1.54, 1.807) is 23.1 Å². The summed E-state index contributed by atoms with van der Waals surface area (Å²) in [5.74, 6) is 2.12. The van der Waals surface area contributed by atoms with Crippen LogP contribution in [0, 0.1) is 0 Å². The van der Waals surface area contributed by atoms with E-state index >= 15 is 0 Å². The van der Waals surface area contributed by atoms with Gasteiger partial charge in [-0.1, -0.05) is 59.7 Å². The molecule has 0 aliphatic heterocycles. The first-order valence-electron chi connectivity index (χ1n) is 7.95. The maximum atomic E-state index is 4.69. The lowest BCUT2D eigenvalue weighted by Crippen LogP contribution is -2.00. The number of benzene rings is 1. The predicted molar refractivity (Wildman–Crippen MR) is 109 cm³/mol. The molecule has 0 aliphatic carbocycles. The average Bonchev–Trinajstić information content (AvgIpc) is 3.21. The van der Waals surface area contributed by atoms with Crippen LogP contribution in [-0.4, -0.2) is 19.7 Å². The third-order valence-corrected chi connectivity index (χ3v) is 6.27. The van der Waals surface area contributed by atoms with E-state index in [2.05, 4.69) is 56.5 Å². The second kappa shape index (κ2) is 8.29. The molecule has 130 valence electrons. The van der Waals surface area contributed by atoms with Crippen molar-refractivity contribution in [3.63, 3.8) is 0 Å². The zero-order valence-electron chi connectivity index (χ0n) is 14.1. The molecule has 0 unspecified atom stereocenters. The Balaban J connectivity index is 1.81. The molecule has 0 N–H and O–H groups in total. The predicted octanol–water partition coefficient (Wildman–Crippen LogP) is 5.77. The molecule has 0 spiro atoms. The number of aromatic nitrogens is 4. The molecule has 0 fully saturated rings. The zero-order valence-corrected chi connectivity index (χ0v) is 17.4. The Morgan fingerprint density at radius 2 is 2.04 bits per heavy atom. The van der Waals surface area contributed by atoms with E-state index in [1.807, 2.05) is 30.3 Å². The number of hydrogen-bond donors (Lipinski definition) is 0. The molecule has 0 atom stereocenters. The van der Waals surface area contributed by atoms with Crippen molar-refractivity contribution in [2.24, 2.45) is 0 Å². The van der Waals surface area contributed by atoms with Crippen LogP contribution in [0.1, 0.15) is 30.5 Å². The second-order valence-corrected chi connectivity index (χ2v) is 8.58. The molecule has 0 bridgehead atoms. The minimum absolute atomic E-state index is 0.470. The number of nitrogens with zero attached hydrogens (tertiary/aromatic N) is 4. The van der Waals surface area contributed by atoms with Gasteiger partial charge in [0.25, 0.3) is 0 Å². The maximum Gasteiger partial charge on any atom is 0.192 e. The highest BCUT2D eigenvalue weighted by Gasteiger charge is 2.14. The molecular weight excluding hydrogens is 416 g/mol. The van der Waals surface area contributed by atoms with Gasteiger partial charge in [0, 0.05) is 33.6 Å². The zero-order chi connectivity index (χ0) is 17.8. The van der Waals surface area contributed by atoms with Gasteiger partial charge in [0.05, 0.1) is 10.7 Å². The van der Waals surface area contributed by atoms with Gasteiger partial charge in [0.15, 0.2) is 11.0 Å². The summed E-state index contributed by atoms with van der Waals surface area (Å²) in [4.78, 5) is 4.69. The number of thiazole rings is 1. The third-order valence-electron chi connectivity index (χ3n) is 3.54.